The number of nitrogen functional groups attached to an aromatic ring is 1. The Bertz CT molecular complexity index is 405. The second-order valence-electron chi connectivity index (χ2n) is 3.79. The molecule has 0 radical (unpaired) electrons. The first-order valence-corrected chi connectivity index (χ1v) is 7.22. The van der Waals surface area contributed by atoms with Crippen molar-refractivity contribution in [3.63, 3.8) is 0 Å². The van der Waals surface area contributed by atoms with Crippen LogP contribution in [0.25, 0.3) is 0 Å². The summed E-state index contributed by atoms with van der Waals surface area (Å²) in [7, 11) is -1.03. The second-order valence-corrected chi connectivity index (χ2v) is 6.41. The Morgan fingerprint density at radius 2 is 2.06 bits per heavy atom. The molecule has 1 heterocycles. The minimum Gasteiger partial charge on any atom is -0.398 e. The maximum absolute atomic E-state index is 12.3. The molecule has 0 amide bonds. The number of hydrogen-bond acceptors (Lipinski definition) is 3. The Balaban J connectivity index is 2.22. The van der Waals surface area contributed by atoms with E-state index in [1.807, 2.05) is 12.1 Å². The highest BCUT2D eigenvalue weighted by molar-refractivity contribution is 9.10. The smallest absolute Gasteiger partial charge is 0.0631 e. The Morgan fingerprint density at radius 3 is 2.75 bits per heavy atom. The third-order valence-electron chi connectivity index (χ3n) is 2.66. The van der Waals surface area contributed by atoms with Crippen LogP contribution in [0.5, 0.6) is 0 Å². The number of nitrogens with two attached hydrogens (primary N) is 1. The fraction of sp³-hybridized carbons (Fsp3) is 0.455. The lowest BCUT2D eigenvalue weighted by Crippen LogP contribution is -2.25. The quantitative estimate of drug-likeness (QED) is 0.853. The lowest BCUT2D eigenvalue weighted by molar-refractivity contribution is 0.0992. The lowest BCUT2D eigenvalue weighted by atomic mass is 10.2. The van der Waals surface area contributed by atoms with Crippen molar-refractivity contribution in [2.75, 3.05) is 18.9 Å². The minimum atomic E-state index is -1.03. The van der Waals surface area contributed by atoms with Crippen LogP contribution in [0.15, 0.2) is 27.6 Å². The van der Waals surface area contributed by atoms with Crippen LogP contribution in [0.1, 0.15) is 12.8 Å². The molecule has 16 heavy (non-hydrogen) atoms. The average Bonchev–Trinajstić information content (AvgIpc) is 2.32. The van der Waals surface area contributed by atoms with Crippen molar-refractivity contribution >= 4 is 32.4 Å². The van der Waals surface area contributed by atoms with E-state index in [4.69, 9.17) is 10.5 Å². The number of benzene rings is 1. The van der Waals surface area contributed by atoms with Crippen LogP contribution in [0, 0.1) is 0 Å². The van der Waals surface area contributed by atoms with Gasteiger partial charge in [-0.2, -0.15) is 0 Å². The molecule has 2 N–H and O–H groups in total. The van der Waals surface area contributed by atoms with E-state index in [-0.39, 0.29) is 5.25 Å². The molecule has 88 valence electrons. The number of anilines is 1. The standard InChI is InChI=1S/C11H14BrNO2S/c12-8-1-2-10(13)11(7-8)16(14)9-3-5-15-6-4-9/h1-2,7,9H,3-6,13H2. The molecule has 0 aliphatic carbocycles. The number of halogens is 1. The van der Waals surface area contributed by atoms with Gasteiger partial charge in [-0.25, -0.2) is 0 Å². The average molecular weight is 304 g/mol. The van der Waals surface area contributed by atoms with Gasteiger partial charge < -0.3 is 10.5 Å². The maximum atomic E-state index is 12.3. The van der Waals surface area contributed by atoms with Crippen molar-refractivity contribution in [3.05, 3.63) is 22.7 Å². The van der Waals surface area contributed by atoms with Crippen molar-refractivity contribution in [1.82, 2.24) is 0 Å². The topological polar surface area (TPSA) is 52.3 Å². The maximum Gasteiger partial charge on any atom is 0.0631 e. The van der Waals surface area contributed by atoms with E-state index in [9.17, 15) is 4.21 Å². The molecule has 1 unspecified atom stereocenters. The van der Waals surface area contributed by atoms with E-state index in [1.54, 1.807) is 6.07 Å². The van der Waals surface area contributed by atoms with Crippen molar-refractivity contribution in [2.45, 2.75) is 23.0 Å². The van der Waals surface area contributed by atoms with Crippen LogP contribution in [0.4, 0.5) is 5.69 Å². The summed E-state index contributed by atoms with van der Waals surface area (Å²) in [5, 5.41) is 0.172. The molecule has 5 heteroatoms. The minimum absolute atomic E-state index is 0.172. The lowest BCUT2D eigenvalue weighted by Gasteiger charge is -2.22. The highest BCUT2D eigenvalue weighted by Crippen LogP contribution is 2.26. The van der Waals surface area contributed by atoms with E-state index in [1.165, 1.54) is 0 Å². The molecule has 1 aliphatic heterocycles. The Morgan fingerprint density at radius 1 is 1.38 bits per heavy atom. The molecule has 1 fully saturated rings. The van der Waals surface area contributed by atoms with Crippen molar-refractivity contribution in [3.8, 4) is 0 Å². The van der Waals surface area contributed by atoms with E-state index >= 15 is 0 Å². The summed E-state index contributed by atoms with van der Waals surface area (Å²) >= 11 is 3.37. The Hall–Kier alpha value is -0.390. The van der Waals surface area contributed by atoms with E-state index in [0.717, 1.165) is 22.2 Å². The van der Waals surface area contributed by atoms with E-state index in [2.05, 4.69) is 15.9 Å². The van der Waals surface area contributed by atoms with Crippen molar-refractivity contribution in [2.24, 2.45) is 0 Å². The molecule has 0 bridgehead atoms. The van der Waals surface area contributed by atoms with Crippen LogP contribution in [-0.2, 0) is 15.5 Å². The van der Waals surface area contributed by atoms with Gasteiger partial charge in [-0.3, -0.25) is 4.21 Å². The zero-order valence-electron chi connectivity index (χ0n) is 8.82. The van der Waals surface area contributed by atoms with Gasteiger partial charge in [0.05, 0.1) is 15.7 Å². The van der Waals surface area contributed by atoms with Gasteiger partial charge in [0, 0.05) is 28.6 Å². The highest BCUT2D eigenvalue weighted by Gasteiger charge is 2.23. The summed E-state index contributed by atoms with van der Waals surface area (Å²) in [6.07, 6.45) is 1.69. The molecule has 3 nitrogen and oxygen atoms in total. The molecule has 1 atom stereocenters. The van der Waals surface area contributed by atoms with Gasteiger partial charge in [0.15, 0.2) is 0 Å². The highest BCUT2D eigenvalue weighted by atomic mass is 79.9. The summed E-state index contributed by atoms with van der Waals surface area (Å²) in [6.45, 7) is 1.40. The van der Waals surface area contributed by atoms with Gasteiger partial charge in [0.1, 0.15) is 0 Å². The van der Waals surface area contributed by atoms with Crippen molar-refractivity contribution in [1.29, 1.82) is 0 Å². The summed E-state index contributed by atoms with van der Waals surface area (Å²) in [5.74, 6) is 0. The molecule has 0 spiro atoms. The molecule has 1 aromatic carbocycles. The van der Waals surface area contributed by atoms with Gasteiger partial charge in [0.25, 0.3) is 0 Å². The third kappa shape index (κ3) is 2.64. The molecule has 1 aliphatic rings. The summed E-state index contributed by atoms with van der Waals surface area (Å²) in [5.41, 5.74) is 6.46. The van der Waals surface area contributed by atoms with Gasteiger partial charge in [-0.15, -0.1) is 0 Å². The van der Waals surface area contributed by atoms with E-state index < -0.39 is 10.8 Å². The van der Waals surface area contributed by atoms with Crippen LogP contribution < -0.4 is 5.73 Å². The predicted octanol–water partition coefficient (Wildman–Crippen LogP) is 2.32. The fourth-order valence-electron chi connectivity index (χ4n) is 1.75. The summed E-state index contributed by atoms with van der Waals surface area (Å²) in [4.78, 5) is 0.737. The van der Waals surface area contributed by atoms with Crippen LogP contribution in [0.2, 0.25) is 0 Å². The molecule has 0 saturated carbocycles. The van der Waals surface area contributed by atoms with Gasteiger partial charge in [-0.05, 0) is 31.0 Å². The monoisotopic (exact) mass is 303 g/mol. The number of rotatable bonds is 2. The summed E-state index contributed by atoms with van der Waals surface area (Å²) in [6, 6.07) is 5.50. The van der Waals surface area contributed by atoms with Gasteiger partial charge in [0.2, 0.25) is 0 Å². The molecule has 1 aromatic rings. The zero-order valence-corrected chi connectivity index (χ0v) is 11.2. The Labute approximate surface area is 106 Å². The van der Waals surface area contributed by atoms with Crippen LogP contribution >= 0.6 is 15.9 Å². The normalized spacial score (nSPS) is 19.6. The first kappa shape index (κ1) is 12.1. The van der Waals surface area contributed by atoms with Crippen LogP contribution in [0.3, 0.4) is 0 Å². The van der Waals surface area contributed by atoms with E-state index in [0.29, 0.717) is 18.9 Å². The van der Waals surface area contributed by atoms with Gasteiger partial charge >= 0.3 is 0 Å². The fourth-order valence-corrected chi connectivity index (χ4v) is 3.79. The first-order valence-electron chi connectivity index (χ1n) is 5.22. The first-order chi connectivity index (χ1) is 7.68. The molecular weight excluding hydrogens is 290 g/mol. The summed E-state index contributed by atoms with van der Waals surface area (Å²) < 4.78 is 18.5. The van der Waals surface area contributed by atoms with Crippen LogP contribution in [-0.4, -0.2) is 22.7 Å². The Kier molecular flexibility index (Phi) is 4.00. The largest absolute Gasteiger partial charge is 0.398 e. The second kappa shape index (κ2) is 5.29. The number of hydrogen-bond donors (Lipinski definition) is 1. The molecule has 2 rings (SSSR count). The zero-order chi connectivity index (χ0) is 11.5. The molecular formula is C11H14BrNO2S. The molecule has 1 saturated heterocycles. The SMILES string of the molecule is Nc1ccc(Br)cc1S(=O)C1CCOCC1. The number of ether oxygens (including phenoxy) is 1. The molecule has 0 aromatic heterocycles. The third-order valence-corrected chi connectivity index (χ3v) is 5.02. The predicted molar refractivity (Wildman–Crippen MR) is 68.8 cm³/mol. The van der Waals surface area contributed by atoms with Gasteiger partial charge in [-0.1, -0.05) is 15.9 Å². The van der Waals surface area contributed by atoms with Crippen molar-refractivity contribution < 1.29 is 8.95 Å².